The summed E-state index contributed by atoms with van der Waals surface area (Å²) >= 11 is 3.32. The van der Waals surface area contributed by atoms with Gasteiger partial charge in [-0.15, -0.1) is 0 Å². The minimum Gasteiger partial charge on any atom is -0.342 e. The van der Waals surface area contributed by atoms with Crippen LogP contribution in [0.1, 0.15) is 32.1 Å². The number of carbonyl (C=O) groups is 1. The Kier molecular flexibility index (Phi) is 4.06. The summed E-state index contributed by atoms with van der Waals surface area (Å²) in [5.74, 6) is -0.525. The first-order valence-electron chi connectivity index (χ1n) is 6.21. The van der Waals surface area contributed by atoms with Crippen LogP contribution in [0.3, 0.4) is 0 Å². The molecule has 2 nitrogen and oxygen atoms in total. The number of rotatable bonds is 5. The van der Waals surface area contributed by atoms with E-state index in [1.54, 1.807) is 4.90 Å². The van der Waals surface area contributed by atoms with Crippen LogP contribution in [0, 0.1) is 11.3 Å². The summed E-state index contributed by atoms with van der Waals surface area (Å²) in [5, 5.41) is 0.893. The second-order valence-electron chi connectivity index (χ2n) is 5.22. The van der Waals surface area contributed by atoms with Gasteiger partial charge in [-0.1, -0.05) is 15.9 Å². The summed E-state index contributed by atoms with van der Waals surface area (Å²) in [6.45, 7) is 0.833. The van der Waals surface area contributed by atoms with Crippen LogP contribution in [0.25, 0.3) is 0 Å². The maximum atomic E-state index is 12.9. The fraction of sp³-hybridized carbons (Fsp3) is 0.917. The topological polar surface area (TPSA) is 20.3 Å². The number of likely N-dealkylation sites (tertiary alicyclic amines) is 1. The van der Waals surface area contributed by atoms with Gasteiger partial charge < -0.3 is 4.90 Å². The molecule has 2 fully saturated rings. The molecule has 1 saturated carbocycles. The molecule has 98 valence electrons. The van der Waals surface area contributed by atoms with Crippen molar-refractivity contribution in [2.45, 2.75) is 38.5 Å². The third kappa shape index (κ3) is 2.80. The average Bonchev–Trinajstić information content (AvgIpc) is 2.91. The number of alkyl halides is 3. The quantitative estimate of drug-likeness (QED) is 0.564. The van der Waals surface area contributed by atoms with Gasteiger partial charge in [0.2, 0.25) is 12.3 Å². The third-order valence-corrected chi connectivity index (χ3v) is 4.59. The fourth-order valence-corrected chi connectivity index (χ4v) is 3.14. The molecule has 0 aromatic carbocycles. The van der Waals surface area contributed by atoms with E-state index < -0.39 is 12.3 Å². The first kappa shape index (κ1) is 13.2. The van der Waals surface area contributed by atoms with Crippen molar-refractivity contribution in [3.63, 3.8) is 0 Å². The third-order valence-electron chi connectivity index (χ3n) is 4.03. The Bertz CT molecular complexity index is 294. The van der Waals surface area contributed by atoms with Crippen LogP contribution in [0.4, 0.5) is 8.78 Å². The highest BCUT2D eigenvalue weighted by Gasteiger charge is 2.58. The summed E-state index contributed by atoms with van der Waals surface area (Å²) in [4.78, 5) is 13.5. The van der Waals surface area contributed by atoms with Gasteiger partial charge in [-0.3, -0.25) is 4.79 Å². The van der Waals surface area contributed by atoms with Crippen LogP contribution >= 0.6 is 15.9 Å². The lowest BCUT2D eigenvalue weighted by atomic mass is 9.93. The van der Waals surface area contributed by atoms with E-state index in [4.69, 9.17) is 0 Å². The Morgan fingerprint density at radius 2 is 2.12 bits per heavy atom. The largest absolute Gasteiger partial charge is 0.342 e. The van der Waals surface area contributed by atoms with E-state index in [1.165, 1.54) is 0 Å². The molecule has 1 amide bonds. The molecule has 0 aromatic rings. The molecule has 1 aliphatic heterocycles. The van der Waals surface area contributed by atoms with Crippen molar-refractivity contribution in [1.29, 1.82) is 0 Å². The fourth-order valence-electron chi connectivity index (χ4n) is 2.75. The van der Waals surface area contributed by atoms with Gasteiger partial charge in [-0.2, -0.15) is 0 Å². The summed E-state index contributed by atoms with van der Waals surface area (Å²) in [6, 6.07) is 0. The zero-order valence-electron chi connectivity index (χ0n) is 9.80. The summed E-state index contributed by atoms with van der Waals surface area (Å²) in [5.41, 5.74) is -0.223. The Morgan fingerprint density at radius 1 is 1.41 bits per heavy atom. The minimum atomic E-state index is -2.28. The van der Waals surface area contributed by atoms with Crippen LogP contribution in [-0.2, 0) is 4.79 Å². The molecule has 2 rings (SSSR count). The van der Waals surface area contributed by atoms with Gasteiger partial charge in [-0.25, -0.2) is 8.78 Å². The molecule has 2 aliphatic rings. The van der Waals surface area contributed by atoms with E-state index in [0.29, 0.717) is 13.0 Å². The predicted molar refractivity (Wildman–Crippen MR) is 65.4 cm³/mol. The molecule has 0 radical (unpaired) electrons. The van der Waals surface area contributed by atoms with Crippen molar-refractivity contribution in [1.82, 2.24) is 4.90 Å². The van der Waals surface area contributed by atoms with Crippen LogP contribution in [0.2, 0.25) is 0 Å². The molecule has 1 aliphatic carbocycles. The summed E-state index contributed by atoms with van der Waals surface area (Å²) in [6.07, 6.45) is 1.76. The normalized spacial score (nSPS) is 25.9. The monoisotopic (exact) mass is 309 g/mol. The van der Waals surface area contributed by atoms with Crippen molar-refractivity contribution < 1.29 is 13.6 Å². The molecular formula is C12H18BrF2NO. The van der Waals surface area contributed by atoms with Gasteiger partial charge in [-0.05, 0) is 31.1 Å². The SMILES string of the molecule is O=C(CCCCBr)N1CC(C(F)F)C2(CC2)C1. The number of hydrogen-bond donors (Lipinski definition) is 0. The molecule has 0 N–H and O–H groups in total. The number of nitrogens with zero attached hydrogens (tertiary/aromatic N) is 1. The maximum absolute atomic E-state index is 12.9. The number of amides is 1. The molecule has 1 atom stereocenters. The number of carbonyl (C=O) groups excluding carboxylic acids is 1. The molecule has 1 spiro atoms. The highest BCUT2D eigenvalue weighted by atomic mass is 79.9. The number of halogens is 3. The first-order valence-corrected chi connectivity index (χ1v) is 7.33. The zero-order chi connectivity index (χ0) is 12.5. The van der Waals surface area contributed by atoms with E-state index in [0.717, 1.165) is 31.0 Å². The molecule has 1 unspecified atom stereocenters. The number of unbranched alkanes of at least 4 members (excludes halogenated alkanes) is 1. The zero-order valence-corrected chi connectivity index (χ0v) is 11.4. The molecule has 0 aromatic heterocycles. The van der Waals surface area contributed by atoms with E-state index in [-0.39, 0.29) is 17.9 Å². The van der Waals surface area contributed by atoms with Gasteiger partial charge in [0.1, 0.15) is 0 Å². The van der Waals surface area contributed by atoms with Gasteiger partial charge >= 0.3 is 0 Å². The lowest BCUT2D eigenvalue weighted by Crippen LogP contribution is -2.29. The smallest absolute Gasteiger partial charge is 0.243 e. The van der Waals surface area contributed by atoms with Gasteiger partial charge in [0, 0.05) is 30.8 Å². The summed E-state index contributed by atoms with van der Waals surface area (Å²) in [7, 11) is 0. The van der Waals surface area contributed by atoms with Crippen LogP contribution in [-0.4, -0.2) is 35.7 Å². The molecule has 5 heteroatoms. The minimum absolute atomic E-state index is 0.0559. The lowest BCUT2D eigenvalue weighted by Gasteiger charge is -2.16. The Labute approximate surface area is 109 Å². The van der Waals surface area contributed by atoms with E-state index in [2.05, 4.69) is 15.9 Å². The van der Waals surface area contributed by atoms with Crippen molar-refractivity contribution in [3.05, 3.63) is 0 Å². The predicted octanol–water partition coefficient (Wildman–Crippen LogP) is 3.06. The summed E-state index contributed by atoms with van der Waals surface area (Å²) < 4.78 is 25.7. The van der Waals surface area contributed by atoms with Crippen LogP contribution in [0.15, 0.2) is 0 Å². The molecule has 1 heterocycles. The Morgan fingerprint density at radius 3 is 2.59 bits per heavy atom. The van der Waals surface area contributed by atoms with Gasteiger partial charge in [0.25, 0.3) is 0 Å². The highest BCUT2D eigenvalue weighted by molar-refractivity contribution is 9.09. The van der Waals surface area contributed by atoms with E-state index in [9.17, 15) is 13.6 Å². The Hall–Kier alpha value is -0.190. The van der Waals surface area contributed by atoms with Crippen molar-refractivity contribution in [2.24, 2.45) is 11.3 Å². The second-order valence-corrected chi connectivity index (χ2v) is 6.02. The average molecular weight is 310 g/mol. The second kappa shape index (κ2) is 5.21. The molecular weight excluding hydrogens is 292 g/mol. The van der Waals surface area contributed by atoms with Crippen LogP contribution < -0.4 is 0 Å². The number of hydrogen-bond acceptors (Lipinski definition) is 1. The lowest BCUT2D eigenvalue weighted by molar-refractivity contribution is -0.130. The molecule has 1 saturated heterocycles. The van der Waals surface area contributed by atoms with Crippen molar-refractivity contribution in [2.75, 3.05) is 18.4 Å². The maximum Gasteiger partial charge on any atom is 0.243 e. The van der Waals surface area contributed by atoms with Gasteiger partial charge in [0.05, 0.1) is 0 Å². The van der Waals surface area contributed by atoms with E-state index in [1.807, 2.05) is 0 Å². The Balaban J connectivity index is 1.85. The highest BCUT2D eigenvalue weighted by Crippen LogP contribution is 2.58. The van der Waals surface area contributed by atoms with Crippen LogP contribution in [0.5, 0.6) is 0 Å². The first-order chi connectivity index (χ1) is 8.09. The van der Waals surface area contributed by atoms with Gasteiger partial charge in [0.15, 0.2) is 0 Å². The van der Waals surface area contributed by atoms with E-state index >= 15 is 0 Å². The molecule has 17 heavy (non-hydrogen) atoms. The van der Waals surface area contributed by atoms with Crippen molar-refractivity contribution in [3.8, 4) is 0 Å². The van der Waals surface area contributed by atoms with Crippen molar-refractivity contribution >= 4 is 21.8 Å². The standard InChI is InChI=1S/C12H18BrF2NO/c13-6-2-1-3-10(17)16-7-9(11(14)15)12(8-16)4-5-12/h9,11H,1-8H2. The molecule has 0 bridgehead atoms.